The average Bonchev–Trinajstić information content (AvgIpc) is 2.37. The zero-order valence-corrected chi connectivity index (χ0v) is 11.3. The summed E-state index contributed by atoms with van der Waals surface area (Å²) < 4.78 is 5.57. The van der Waals surface area contributed by atoms with Crippen LogP contribution in [0.5, 0.6) is 5.75 Å². The van der Waals surface area contributed by atoms with Crippen LogP contribution in [0.15, 0.2) is 24.3 Å². The summed E-state index contributed by atoms with van der Waals surface area (Å²) in [6.07, 6.45) is 0. The molecule has 2 N–H and O–H groups in total. The summed E-state index contributed by atoms with van der Waals surface area (Å²) in [5, 5.41) is 8.78. The normalized spacial score (nSPS) is 10.5. The van der Waals surface area contributed by atoms with Gasteiger partial charge in [0.05, 0.1) is 18.2 Å². The number of ether oxygens (including phenoxy) is 1. The summed E-state index contributed by atoms with van der Waals surface area (Å²) in [5.74, 6) is 0.307. The van der Waals surface area contributed by atoms with Crippen LogP contribution in [-0.2, 0) is 4.79 Å². The summed E-state index contributed by atoms with van der Waals surface area (Å²) in [5.41, 5.74) is 5.76. The van der Waals surface area contributed by atoms with Gasteiger partial charge in [-0.15, -0.1) is 0 Å². The quantitative estimate of drug-likeness (QED) is 0.798. The summed E-state index contributed by atoms with van der Waals surface area (Å²) in [4.78, 5) is 12.9. The standard InChI is InChI=1S/C14H19N3O2/c1-11(2)17(10-14(16)18)6-7-19-13-5-3-4-12(8-13)9-15/h3-5,8,11H,6-7,10H2,1-2H3,(H2,16,18). The maximum absolute atomic E-state index is 10.9. The van der Waals surface area contributed by atoms with E-state index in [0.717, 1.165) is 0 Å². The molecule has 0 aliphatic rings. The second-order valence-corrected chi connectivity index (χ2v) is 4.52. The summed E-state index contributed by atoms with van der Waals surface area (Å²) in [7, 11) is 0. The van der Waals surface area contributed by atoms with Crippen LogP contribution in [0, 0.1) is 11.3 Å². The molecule has 1 aromatic rings. The number of benzene rings is 1. The van der Waals surface area contributed by atoms with Gasteiger partial charge in [0.15, 0.2) is 0 Å². The van der Waals surface area contributed by atoms with Crippen molar-refractivity contribution in [1.82, 2.24) is 4.90 Å². The van der Waals surface area contributed by atoms with E-state index in [1.54, 1.807) is 24.3 Å². The Morgan fingerprint density at radius 1 is 1.53 bits per heavy atom. The maximum atomic E-state index is 10.9. The molecule has 0 aromatic heterocycles. The molecule has 0 aliphatic heterocycles. The van der Waals surface area contributed by atoms with E-state index in [1.807, 2.05) is 18.7 Å². The molecule has 0 bridgehead atoms. The van der Waals surface area contributed by atoms with Crippen LogP contribution in [0.3, 0.4) is 0 Å². The van der Waals surface area contributed by atoms with Crippen molar-refractivity contribution < 1.29 is 9.53 Å². The van der Waals surface area contributed by atoms with Gasteiger partial charge in [-0.05, 0) is 32.0 Å². The number of hydrogen-bond donors (Lipinski definition) is 1. The Kier molecular flexibility index (Phi) is 5.83. The molecule has 1 aromatic carbocycles. The van der Waals surface area contributed by atoms with Crippen molar-refractivity contribution in [2.75, 3.05) is 19.7 Å². The van der Waals surface area contributed by atoms with E-state index in [4.69, 9.17) is 15.7 Å². The Hall–Kier alpha value is -2.06. The predicted octanol–water partition coefficient (Wildman–Crippen LogP) is 1.13. The summed E-state index contributed by atoms with van der Waals surface area (Å²) in [6.45, 7) is 5.27. The van der Waals surface area contributed by atoms with Gasteiger partial charge in [-0.2, -0.15) is 5.26 Å². The number of amides is 1. The van der Waals surface area contributed by atoms with E-state index < -0.39 is 0 Å². The minimum Gasteiger partial charge on any atom is -0.492 e. The fourth-order valence-electron chi connectivity index (χ4n) is 1.66. The van der Waals surface area contributed by atoms with Gasteiger partial charge in [-0.25, -0.2) is 0 Å². The molecule has 0 unspecified atom stereocenters. The molecular formula is C14H19N3O2. The third-order valence-electron chi connectivity index (χ3n) is 2.70. The topological polar surface area (TPSA) is 79.3 Å². The van der Waals surface area contributed by atoms with Gasteiger partial charge in [-0.3, -0.25) is 9.69 Å². The summed E-state index contributed by atoms with van der Waals surface area (Å²) in [6, 6.07) is 9.27. The molecule has 5 nitrogen and oxygen atoms in total. The highest BCUT2D eigenvalue weighted by atomic mass is 16.5. The minimum absolute atomic E-state index is 0.221. The van der Waals surface area contributed by atoms with Gasteiger partial charge in [0.25, 0.3) is 0 Å². The lowest BCUT2D eigenvalue weighted by Crippen LogP contribution is -2.40. The molecule has 0 spiro atoms. The molecule has 19 heavy (non-hydrogen) atoms. The third kappa shape index (κ3) is 5.40. The van der Waals surface area contributed by atoms with Crippen LogP contribution in [0.2, 0.25) is 0 Å². The second kappa shape index (κ2) is 7.39. The largest absolute Gasteiger partial charge is 0.492 e. The van der Waals surface area contributed by atoms with Crippen molar-refractivity contribution in [1.29, 1.82) is 5.26 Å². The monoisotopic (exact) mass is 261 g/mol. The number of nitrogens with two attached hydrogens (primary N) is 1. The van der Waals surface area contributed by atoms with E-state index in [0.29, 0.717) is 24.5 Å². The first-order chi connectivity index (χ1) is 9.02. The van der Waals surface area contributed by atoms with Crippen molar-refractivity contribution in [3.63, 3.8) is 0 Å². The van der Waals surface area contributed by atoms with Crippen LogP contribution < -0.4 is 10.5 Å². The number of carbonyl (C=O) groups is 1. The molecule has 0 heterocycles. The summed E-state index contributed by atoms with van der Waals surface area (Å²) >= 11 is 0. The van der Waals surface area contributed by atoms with Gasteiger partial charge < -0.3 is 10.5 Å². The highest BCUT2D eigenvalue weighted by Gasteiger charge is 2.11. The molecule has 0 atom stereocenters. The molecule has 0 aliphatic carbocycles. The van der Waals surface area contributed by atoms with Crippen molar-refractivity contribution in [2.24, 2.45) is 5.73 Å². The molecule has 1 amide bonds. The Morgan fingerprint density at radius 3 is 2.84 bits per heavy atom. The zero-order chi connectivity index (χ0) is 14.3. The first-order valence-electron chi connectivity index (χ1n) is 6.18. The number of hydrogen-bond acceptors (Lipinski definition) is 4. The minimum atomic E-state index is -0.347. The Labute approximate surface area is 113 Å². The van der Waals surface area contributed by atoms with Crippen molar-refractivity contribution in [3.05, 3.63) is 29.8 Å². The molecular weight excluding hydrogens is 242 g/mol. The zero-order valence-electron chi connectivity index (χ0n) is 11.3. The van der Waals surface area contributed by atoms with E-state index in [1.165, 1.54) is 0 Å². The Morgan fingerprint density at radius 2 is 2.26 bits per heavy atom. The van der Waals surface area contributed by atoms with Crippen LogP contribution in [0.25, 0.3) is 0 Å². The smallest absolute Gasteiger partial charge is 0.231 e. The first-order valence-corrected chi connectivity index (χ1v) is 6.18. The molecule has 0 radical (unpaired) electrons. The number of nitrogens with zero attached hydrogens (tertiary/aromatic N) is 2. The lowest BCUT2D eigenvalue weighted by atomic mass is 10.2. The van der Waals surface area contributed by atoms with E-state index >= 15 is 0 Å². The molecule has 1 rings (SSSR count). The van der Waals surface area contributed by atoms with E-state index in [2.05, 4.69) is 6.07 Å². The molecule has 0 saturated carbocycles. The molecule has 0 fully saturated rings. The van der Waals surface area contributed by atoms with Gasteiger partial charge in [0, 0.05) is 12.6 Å². The number of nitriles is 1. The van der Waals surface area contributed by atoms with E-state index in [-0.39, 0.29) is 18.5 Å². The fraction of sp³-hybridized carbons (Fsp3) is 0.429. The van der Waals surface area contributed by atoms with Crippen LogP contribution >= 0.6 is 0 Å². The Balaban J connectivity index is 2.47. The van der Waals surface area contributed by atoms with Gasteiger partial charge in [0.1, 0.15) is 12.4 Å². The predicted molar refractivity (Wildman–Crippen MR) is 72.6 cm³/mol. The molecule has 0 saturated heterocycles. The van der Waals surface area contributed by atoms with E-state index in [9.17, 15) is 4.79 Å². The molecule has 5 heteroatoms. The third-order valence-corrected chi connectivity index (χ3v) is 2.70. The Bertz CT molecular complexity index is 466. The van der Waals surface area contributed by atoms with Crippen molar-refractivity contribution in [3.8, 4) is 11.8 Å². The maximum Gasteiger partial charge on any atom is 0.231 e. The van der Waals surface area contributed by atoms with Crippen LogP contribution in [-0.4, -0.2) is 36.5 Å². The molecule has 102 valence electrons. The van der Waals surface area contributed by atoms with Crippen LogP contribution in [0.4, 0.5) is 0 Å². The SMILES string of the molecule is CC(C)N(CCOc1cccc(C#N)c1)CC(N)=O. The van der Waals surface area contributed by atoms with Crippen LogP contribution in [0.1, 0.15) is 19.4 Å². The van der Waals surface area contributed by atoms with Crippen molar-refractivity contribution >= 4 is 5.91 Å². The lowest BCUT2D eigenvalue weighted by Gasteiger charge is -2.24. The van der Waals surface area contributed by atoms with Gasteiger partial charge in [-0.1, -0.05) is 6.07 Å². The highest BCUT2D eigenvalue weighted by molar-refractivity contribution is 5.75. The van der Waals surface area contributed by atoms with Crippen molar-refractivity contribution in [2.45, 2.75) is 19.9 Å². The number of carbonyl (C=O) groups excluding carboxylic acids is 1. The average molecular weight is 261 g/mol. The number of primary amides is 1. The van der Waals surface area contributed by atoms with Gasteiger partial charge in [0.2, 0.25) is 5.91 Å². The first kappa shape index (κ1) is 15.0. The van der Waals surface area contributed by atoms with Gasteiger partial charge >= 0.3 is 0 Å². The second-order valence-electron chi connectivity index (χ2n) is 4.52. The lowest BCUT2D eigenvalue weighted by molar-refractivity contribution is -0.119. The fourth-order valence-corrected chi connectivity index (χ4v) is 1.66. The highest BCUT2D eigenvalue weighted by Crippen LogP contribution is 2.12. The number of rotatable bonds is 7.